The van der Waals surface area contributed by atoms with Crippen molar-refractivity contribution in [1.82, 2.24) is 0 Å². The van der Waals surface area contributed by atoms with Crippen molar-refractivity contribution in [2.45, 2.75) is 26.7 Å². The predicted octanol–water partition coefficient (Wildman–Crippen LogP) is 2.67. The van der Waals surface area contributed by atoms with Gasteiger partial charge in [-0.3, -0.25) is 4.79 Å². The topological polar surface area (TPSA) is 88.1 Å². The van der Waals surface area contributed by atoms with Crippen LogP contribution in [-0.2, 0) is 18.9 Å². The van der Waals surface area contributed by atoms with Crippen LogP contribution in [0, 0.1) is 10.8 Å². The normalized spacial score (nSPS) is 19.1. The lowest BCUT2D eigenvalue weighted by Gasteiger charge is -2.40. The number of ether oxygens (including phenoxy) is 4. The third-order valence-corrected chi connectivity index (χ3v) is 5.71. The van der Waals surface area contributed by atoms with Crippen LogP contribution in [0.5, 0.6) is 0 Å². The lowest BCUT2D eigenvalue weighted by molar-refractivity contribution is -0.140. The molecule has 1 aromatic carbocycles. The van der Waals surface area contributed by atoms with E-state index in [1.54, 1.807) is 0 Å². The van der Waals surface area contributed by atoms with Crippen LogP contribution in [0.1, 0.15) is 57.8 Å². The molecular formula is C21H26O7. The van der Waals surface area contributed by atoms with E-state index in [0.717, 1.165) is 12.8 Å². The van der Waals surface area contributed by atoms with E-state index in [9.17, 15) is 14.4 Å². The summed E-state index contributed by atoms with van der Waals surface area (Å²) in [6.45, 7) is 6.77. The van der Waals surface area contributed by atoms with Gasteiger partial charge < -0.3 is 18.9 Å². The molecule has 2 aliphatic heterocycles. The summed E-state index contributed by atoms with van der Waals surface area (Å²) in [6.07, 6.45) is 2.28. The van der Waals surface area contributed by atoms with Crippen LogP contribution in [0.2, 0.25) is 0 Å². The molecule has 0 N–H and O–H groups in total. The standard InChI is InChI=1S/C21H26O7/c1-3-20(9-25-10-20)13-27-18(23)16-5-15(8-22)6-17(7-16)19(24)28-14-21(4-2)11-26-12-21/h5-8H,3-4,9-14H2,1-2H3. The minimum absolute atomic E-state index is 0.140. The molecule has 0 saturated carbocycles. The molecule has 0 amide bonds. The summed E-state index contributed by atoms with van der Waals surface area (Å²) >= 11 is 0. The van der Waals surface area contributed by atoms with Gasteiger partial charge in [-0.25, -0.2) is 9.59 Å². The summed E-state index contributed by atoms with van der Waals surface area (Å²) in [6, 6.07) is 4.23. The molecule has 0 bridgehead atoms. The SMILES string of the molecule is CCC1(COC(=O)c2cc(C=O)cc(C(=O)OCC3(CC)COC3)c2)COC1. The monoisotopic (exact) mass is 390 g/mol. The van der Waals surface area contributed by atoms with E-state index < -0.39 is 11.9 Å². The highest BCUT2D eigenvalue weighted by Crippen LogP contribution is 2.32. The molecule has 0 aromatic heterocycles. The zero-order valence-corrected chi connectivity index (χ0v) is 16.3. The van der Waals surface area contributed by atoms with E-state index in [4.69, 9.17) is 18.9 Å². The van der Waals surface area contributed by atoms with Gasteiger partial charge in [-0.2, -0.15) is 0 Å². The summed E-state index contributed by atoms with van der Waals surface area (Å²) in [5.41, 5.74) is 0.245. The number of benzene rings is 1. The van der Waals surface area contributed by atoms with Gasteiger partial charge in [0, 0.05) is 5.56 Å². The lowest BCUT2D eigenvalue weighted by atomic mass is 9.84. The zero-order valence-electron chi connectivity index (χ0n) is 16.3. The van der Waals surface area contributed by atoms with Gasteiger partial charge in [-0.15, -0.1) is 0 Å². The average Bonchev–Trinajstić information content (AvgIpc) is 2.66. The van der Waals surface area contributed by atoms with E-state index in [-0.39, 0.29) is 40.7 Å². The van der Waals surface area contributed by atoms with Crippen molar-refractivity contribution >= 4 is 18.2 Å². The van der Waals surface area contributed by atoms with E-state index in [2.05, 4.69) is 0 Å². The molecule has 0 unspecified atom stereocenters. The van der Waals surface area contributed by atoms with E-state index in [1.807, 2.05) is 13.8 Å². The van der Waals surface area contributed by atoms with Crippen molar-refractivity contribution < 1.29 is 33.3 Å². The van der Waals surface area contributed by atoms with Crippen LogP contribution in [0.3, 0.4) is 0 Å². The molecule has 7 heteroatoms. The molecule has 7 nitrogen and oxygen atoms in total. The second-order valence-corrected chi connectivity index (χ2v) is 7.81. The summed E-state index contributed by atoms with van der Waals surface area (Å²) in [5, 5.41) is 0. The summed E-state index contributed by atoms with van der Waals surface area (Å²) in [4.78, 5) is 36.2. The van der Waals surface area contributed by atoms with Crippen LogP contribution >= 0.6 is 0 Å². The molecule has 2 aliphatic rings. The van der Waals surface area contributed by atoms with Gasteiger partial charge in [0.2, 0.25) is 0 Å². The van der Waals surface area contributed by atoms with Gasteiger partial charge in [0.15, 0.2) is 0 Å². The molecule has 1 aromatic rings. The van der Waals surface area contributed by atoms with E-state index >= 15 is 0 Å². The third kappa shape index (κ3) is 4.25. The van der Waals surface area contributed by atoms with Crippen LogP contribution in [0.25, 0.3) is 0 Å². The highest BCUT2D eigenvalue weighted by molar-refractivity contribution is 5.98. The van der Waals surface area contributed by atoms with Crippen molar-refractivity contribution in [1.29, 1.82) is 0 Å². The van der Waals surface area contributed by atoms with Crippen molar-refractivity contribution in [2.24, 2.45) is 10.8 Å². The van der Waals surface area contributed by atoms with Crippen molar-refractivity contribution in [2.75, 3.05) is 39.6 Å². The number of esters is 2. The zero-order chi connectivity index (χ0) is 20.2. The Hall–Kier alpha value is -2.25. The highest BCUT2D eigenvalue weighted by atomic mass is 16.6. The highest BCUT2D eigenvalue weighted by Gasteiger charge is 2.39. The average molecular weight is 390 g/mol. The Kier molecular flexibility index (Phi) is 6.15. The Bertz CT molecular complexity index is 680. The van der Waals surface area contributed by atoms with Gasteiger partial charge >= 0.3 is 11.9 Å². The molecule has 2 fully saturated rings. The maximum atomic E-state index is 12.5. The summed E-state index contributed by atoms with van der Waals surface area (Å²) < 4.78 is 21.3. The lowest BCUT2D eigenvalue weighted by Crippen LogP contribution is -2.46. The molecular weight excluding hydrogens is 364 g/mol. The molecule has 0 spiro atoms. The fraction of sp³-hybridized carbons (Fsp3) is 0.571. The number of rotatable bonds is 9. The first-order valence-electron chi connectivity index (χ1n) is 9.55. The maximum absolute atomic E-state index is 12.5. The fourth-order valence-corrected chi connectivity index (χ4v) is 3.12. The molecule has 28 heavy (non-hydrogen) atoms. The molecule has 0 aliphatic carbocycles. The van der Waals surface area contributed by atoms with Crippen LogP contribution < -0.4 is 0 Å². The molecule has 2 heterocycles. The van der Waals surface area contributed by atoms with E-state index in [1.165, 1.54) is 18.2 Å². The number of hydrogen-bond donors (Lipinski definition) is 0. The Morgan fingerprint density at radius 3 is 1.61 bits per heavy atom. The van der Waals surface area contributed by atoms with Crippen molar-refractivity contribution in [3.05, 3.63) is 34.9 Å². The Morgan fingerprint density at radius 2 is 1.32 bits per heavy atom. The molecule has 0 atom stereocenters. The van der Waals surface area contributed by atoms with Gasteiger partial charge in [0.25, 0.3) is 0 Å². The van der Waals surface area contributed by atoms with Gasteiger partial charge in [-0.1, -0.05) is 13.8 Å². The third-order valence-electron chi connectivity index (χ3n) is 5.71. The Balaban J connectivity index is 1.67. The maximum Gasteiger partial charge on any atom is 0.338 e. The minimum Gasteiger partial charge on any atom is -0.461 e. The number of carbonyl (C=O) groups excluding carboxylic acids is 3. The van der Waals surface area contributed by atoms with Crippen LogP contribution in [-0.4, -0.2) is 57.9 Å². The number of aldehydes is 1. The number of hydrogen-bond acceptors (Lipinski definition) is 7. The van der Waals surface area contributed by atoms with Crippen molar-refractivity contribution in [3.63, 3.8) is 0 Å². The van der Waals surface area contributed by atoms with Crippen LogP contribution in [0.4, 0.5) is 0 Å². The second kappa shape index (κ2) is 8.41. The van der Waals surface area contributed by atoms with Gasteiger partial charge in [-0.05, 0) is 31.0 Å². The fourth-order valence-electron chi connectivity index (χ4n) is 3.12. The summed E-state index contributed by atoms with van der Waals surface area (Å²) in [7, 11) is 0. The predicted molar refractivity (Wildman–Crippen MR) is 99.5 cm³/mol. The Morgan fingerprint density at radius 1 is 0.893 bits per heavy atom. The second-order valence-electron chi connectivity index (χ2n) is 7.81. The van der Waals surface area contributed by atoms with E-state index in [0.29, 0.717) is 32.7 Å². The molecule has 2 saturated heterocycles. The van der Waals surface area contributed by atoms with Crippen LogP contribution in [0.15, 0.2) is 18.2 Å². The summed E-state index contributed by atoms with van der Waals surface area (Å²) in [5.74, 6) is -1.15. The first kappa shape index (κ1) is 20.5. The van der Waals surface area contributed by atoms with Gasteiger partial charge in [0.05, 0.1) is 48.4 Å². The smallest absolute Gasteiger partial charge is 0.338 e. The first-order valence-corrected chi connectivity index (χ1v) is 9.55. The molecule has 0 radical (unpaired) electrons. The largest absolute Gasteiger partial charge is 0.461 e. The minimum atomic E-state index is -0.574. The van der Waals surface area contributed by atoms with Crippen molar-refractivity contribution in [3.8, 4) is 0 Å². The quantitative estimate of drug-likeness (QED) is 0.473. The number of carbonyl (C=O) groups is 3. The van der Waals surface area contributed by atoms with Gasteiger partial charge in [0.1, 0.15) is 19.5 Å². The molecule has 3 rings (SSSR count). The first-order chi connectivity index (χ1) is 13.4. The molecule has 152 valence electrons. The Labute approximate surface area is 164 Å².